The van der Waals surface area contributed by atoms with Crippen LogP contribution in [0.15, 0.2) is 24.3 Å². The van der Waals surface area contributed by atoms with Crippen LogP contribution in [-0.2, 0) is 11.2 Å². The van der Waals surface area contributed by atoms with Gasteiger partial charge in [-0.3, -0.25) is 4.57 Å². The molecular formula is C13H14FN3O2. The Morgan fingerprint density at radius 3 is 2.84 bits per heavy atom. The lowest BCUT2D eigenvalue weighted by Gasteiger charge is -2.08. The van der Waals surface area contributed by atoms with Crippen LogP contribution < -0.4 is 5.73 Å². The summed E-state index contributed by atoms with van der Waals surface area (Å²) in [4.78, 5) is 15.7. The Morgan fingerprint density at radius 2 is 2.26 bits per heavy atom. The van der Waals surface area contributed by atoms with E-state index in [4.69, 9.17) is 5.73 Å². The van der Waals surface area contributed by atoms with Gasteiger partial charge in [0.05, 0.1) is 12.8 Å². The number of rotatable bonds is 3. The van der Waals surface area contributed by atoms with Crippen LogP contribution in [0, 0.1) is 5.82 Å². The third-order valence-corrected chi connectivity index (χ3v) is 2.74. The number of hydrogen-bond acceptors (Lipinski definition) is 4. The highest BCUT2D eigenvalue weighted by molar-refractivity contribution is 5.92. The number of hydrogen-bond donors (Lipinski definition) is 1. The lowest BCUT2D eigenvalue weighted by molar-refractivity contribution is 0.0596. The second-order valence-electron chi connectivity index (χ2n) is 3.92. The molecule has 19 heavy (non-hydrogen) atoms. The second-order valence-corrected chi connectivity index (χ2v) is 3.92. The van der Waals surface area contributed by atoms with Gasteiger partial charge in [-0.25, -0.2) is 14.2 Å². The predicted octanol–water partition coefficient (Wildman–Crippen LogP) is 1.94. The maximum atomic E-state index is 13.3. The Bertz CT molecular complexity index is 622. The molecule has 6 heteroatoms. The highest BCUT2D eigenvalue weighted by Gasteiger charge is 2.21. The monoisotopic (exact) mass is 263 g/mol. The standard InChI is InChI=1S/C13H14FN3O2/c1-3-10-16-11(13(18)19-2)12(15)17(10)9-6-4-5-8(14)7-9/h4-7H,3,15H2,1-2H3. The van der Waals surface area contributed by atoms with Crippen molar-refractivity contribution in [3.8, 4) is 5.69 Å². The number of nitrogens with two attached hydrogens (primary N) is 1. The minimum Gasteiger partial charge on any atom is -0.464 e. The number of nitrogen functional groups attached to an aromatic ring is 1. The molecule has 100 valence electrons. The van der Waals surface area contributed by atoms with Gasteiger partial charge < -0.3 is 10.5 Å². The number of carbonyl (C=O) groups excluding carboxylic acids is 1. The van der Waals surface area contributed by atoms with Gasteiger partial charge in [0.15, 0.2) is 5.69 Å². The Hall–Kier alpha value is -2.37. The van der Waals surface area contributed by atoms with Gasteiger partial charge in [-0.15, -0.1) is 0 Å². The average Bonchev–Trinajstić information content (AvgIpc) is 2.74. The summed E-state index contributed by atoms with van der Waals surface area (Å²) in [5.41, 5.74) is 6.49. The molecule has 0 saturated carbocycles. The molecular weight excluding hydrogens is 249 g/mol. The van der Waals surface area contributed by atoms with E-state index in [-0.39, 0.29) is 17.3 Å². The molecule has 0 aliphatic rings. The molecule has 0 bridgehead atoms. The van der Waals surface area contributed by atoms with E-state index in [1.165, 1.54) is 19.2 Å². The summed E-state index contributed by atoms with van der Waals surface area (Å²) < 4.78 is 19.5. The number of benzene rings is 1. The van der Waals surface area contributed by atoms with Gasteiger partial charge in [-0.2, -0.15) is 0 Å². The largest absolute Gasteiger partial charge is 0.464 e. The Labute approximate surface area is 109 Å². The van der Waals surface area contributed by atoms with Crippen molar-refractivity contribution < 1.29 is 13.9 Å². The molecule has 0 radical (unpaired) electrons. The number of imidazole rings is 1. The zero-order valence-corrected chi connectivity index (χ0v) is 10.7. The summed E-state index contributed by atoms with van der Waals surface area (Å²) in [5, 5.41) is 0. The van der Waals surface area contributed by atoms with Crippen LogP contribution in [0.5, 0.6) is 0 Å². The van der Waals surface area contributed by atoms with Crippen molar-refractivity contribution in [2.24, 2.45) is 0 Å². The molecule has 1 aromatic heterocycles. The fourth-order valence-electron chi connectivity index (χ4n) is 1.87. The van der Waals surface area contributed by atoms with Crippen LogP contribution in [0.2, 0.25) is 0 Å². The van der Waals surface area contributed by atoms with E-state index in [2.05, 4.69) is 9.72 Å². The quantitative estimate of drug-likeness (QED) is 0.859. The van der Waals surface area contributed by atoms with Crippen LogP contribution in [0.3, 0.4) is 0 Å². The first-order chi connectivity index (χ1) is 9.08. The van der Waals surface area contributed by atoms with Crippen molar-refractivity contribution in [2.75, 3.05) is 12.8 Å². The predicted molar refractivity (Wildman–Crippen MR) is 68.7 cm³/mol. The molecule has 2 rings (SSSR count). The summed E-state index contributed by atoms with van der Waals surface area (Å²) in [5.74, 6) is -0.271. The smallest absolute Gasteiger partial charge is 0.360 e. The molecule has 2 N–H and O–H groups in total. The number of halogens is 1. The van der Waals surface area contributed by atoms with Crippen molar-refractivity contribution in [1.29, 1.82) is 0 Å². The van der Waals surface area contributed by atoms with E-state index >= 15 is 0 Å². The lowest BCUT2D eigenvalue weighted by Crippen LogP contribution is -2.08. The van der Waals surface area contributed by atoms with E-state index in [9.17, 15) is 9.18 Å². The molecule has 2 aromatic rings. The molecule has 0 aliphatic heterocycles. The van der Waals surface area contributed by atoms with E-state index in [1.807, 2.05) is 6.92 Å². The summed E-state index contributed by atoms with van der Waals surface area (Å²) in [7, 11) is 1.26. The maximum absolute atomic E-state index is 13.3. The number of aromatic nitrogens is 2. The van der Waals surface area contributed by atoms with Crippen LogP contribution in [0.4, 0.5) is 10.2 Å². The van der Waals surface area contributed by atoms with Crippen LogP contribution >= 0.6 is 0 Å². The SMILES string of the molecule is CCc1nc(C(=O)OC)c(N)n1-c1cccc(F)c1. The Morgan fingerprint density at radius 1 is 1.53 bits per heavy atom. The number of anilines is 1. The van der Waals surface area contributed by atoms with Gasteiger partial charge in [0.1, 0.15) is 17.5 Å². The molecule has 0 fully saturated rings. The third kappa shape index (κ3) is 2.29. The summed E-state index contributed by atoms with van der Waals surface area (Å²) in [6.45, 7) is 1.87. The first kappa shape index (κ1) is 13.1. The summed E-state index contributed by atoms with van der Waals surface area (Å²) in [6, 6.07) is 5.93. The molecule has 0 saturated heterocycles. The number of esters is 1. The van der Waals surface area contributed by atoms with E-state index in [0.29, 0.717) is 17.9 Å². The maximum Gasteiger partial charge on any atom is 0.360 e. The van der Waals surface area contributed by atoms with Gasteiger partial charge in [0.2, 0.25) is 0 Å². The molecule has 5 nitrogen and oxygen atoms in total. The normalized spacial score (nSPS) is 10.5. The van der Waals surface area contributed by atoms with Crippen molar-refractivity contribution in [2.45, 2.75) is 13.3 Å². The van der Waals surface area contributed by atoms with Crippen LogP contribution in [-0.4, -0.2) is 22.6 Å². The van der Waals surface area contributed by atoms with Gasteiger partial charge >= 0.3 is 5.97 Å². The van der Waals surface area contributed by atoms with Crippen molar-refractivity contribution in [1.82, 2.24) is 9.55 Å². The van der Waals surface area contributed by atoms with Gasteiger partial charge in [-0.1, -0.05) is 13.0 Å². The lowest BCUT2D eigenvalue weighted by atomic mass is 10.3. The molecule has 0 amide bonds. The number of aryl methyl sites for hydroxylation is 1. The van der Waals surface area contributed by atoms with Crippen molar-refractivity contribution in [3.05, 3.63) is 41.6 Å². The third-order valence-electron chi connectivity index (χ3n) is 2.74. The molecule has 1 aromatic carbocycles. The molecule has 0 atom stereocenters. The van der Waals surface area contributed by atoms with Gasteiger partial charge in [0.25, 0.3) is 0 Å². The average molecular weight is 263 g/mol. The van der Waals surface area contributed by atoms with Gasteiger partial charge in [0, 0.05) is 6.42 Å². The minimum absolute atomic E-state index is 0.0450. The van der Waals surface area contributed by atoms with Crippen LogP contribution in [0.1, 0.15) is 23.2 Å². The summed E-state index contributed by atoms with van der Waals surface area (Å²) >= 11 is 0. The molecule has 1 heterocycles. The minimum atomic E-state index is -0.609. The second kappa shape index (κ2) is 5.09. The zero-order chi connectivity index (χ0) is 14.0. The Kier molecular flexibility index (Phi) is 3.50. The molecule has 0 aliphatic carbocycles. The van der Waals surface area contributed by atoms with E-state index < -0.39 is 5.97 Å². The van der Waals surface area contributed by atoms with E-state index in [1.54, 1.807) is 16.7 Å². The van der Waals surface area contributed by atoms with Gasteiger partial charge in [-0.05, 0) is 18.2 Å². The fraction of sp³-hybridized carbons (Fsp3) is 0.231. The zero-order valence-electron chi connectivity index (χ0n) is 10.7. The highest BCUT2D eigenvalue weighted by atomic mass is 19.1. The van der Waals surface area contributed by atoms with Crippen molar-refractivity contribution >= 4 is 11.8 Å². The highest BCUT2D eigenvalue weighted by Crippen LogP contribution is 2.22. The van der Waals surface area contributed by atoms with Crippen LogP contribution in [0.25, 0.3) is 5.69 Å². The first-order valence-corrected chi connectivity index (χ1v) is 5.79. The Balaban J connectivity index is 2.62. The van der Waals surface area contributed by atoms with E-state index in [0.717, 1.165) is 0 Å². The topological polar surface area (TPSA) is 70.1 Å². The fourth-order valence-corrected chi connectivity index (χ4v) is 1.87. The molecule has 0 spiro atoms. The first-order valence-electron chi connectivity index (χ1n) is 5.79. The molecule has 0 unspecified atom stereocenters. The number of nitrogens with zero attached hydrogens (tertiary/aromatic N) is 2. The van der Waals surface area contributed by atoms with Crippen molar-refractivity contribution in [3.63, 3.8) is 0 Å². The number of methoxy groups -OCH3 is 1. The number of carbonyl (C=O) groups is 1. The summed E-state index contributed by atoms with van der Waals surface area (Å²) in [6.07, 6.45) is 0.553. The number of ether oxygens (including phenoxy) is 1.